The van der Waals surface area contributed by atoms with Crippen molar-refractivity contribution in [3.63, 3.8) is 0 Å². The Morgan fingerprint density at radius 2 is 1.70 bits per heavy atom. The molecule has 0 aliphatic heterocycles. The van der Waals surface area contributed by atoms with Crippen molar-refractivity contribution in [3.05, 3.63) is 23.8 Å². The number of amides is 1. The molecule has 0 saturated heterocycles. The summed E-state index contributed by atoms with van der Waals surface area (Å²) in [5.74, 6) is -1.78. The van der Waals surface area contributed by atoms with E-state index in [0.29, 0.717) is 5.69 Å². The molecule has 1 saturated carbocycles. The summed E-state index contributed by atoms with van der Waals surface area (Å²) in [5, 5.41) is 21.1. The van der Waals surface area contributed by atoms with Gasteiger partial charge in [-0.2, -0.15) is 0 Å². The lowest BCUT2D eigenvalue weighted by Crippen LogP contribution is -2.17. The Morgan fingerprint density at radius 3 is 2.15 bits per heavy atom. The summed E-state index contributed by atoms with van der Waals surface area (Å²) in [6, 6.07) is 4.02. The van der Waals surface area contributed by atoms with Gasteiger partial charge in [-0.25, -0.2) is 4.79 Å². The molecular formula is C15H19NO4. The molecule has 5 heteroatoms. The van der Waals surface area contributed by atoms with Crippen molar-refractivity contribution in [3.8, 4) is 5.75 Å². The van der Waals surface area contributed by atoms with Crippen molar-refractivity contribution in [1.82, 2.24) is 0 Å². The molecule has 0 atom stereocenters. The van der Waals surface area contributed by atoms with E-state index in [-0.39, 0.29) is 34.0 Å². The molecule has 0 spiro atoms. The van der Waals surface area contributed by atoms with E-state index in [1.807, 2.05) is 27.7 Å². The molecule has 1 aliphatic carbocycles. The molecule has 5 nitrogen and oxygen atoms in total. The van der Waals surface area contributed by atoms with Crippen LogP contribution in [0, 0.1) is 16.7 Å². The second-order valence-electron chi connectivity index (χ2n) is 6.40. The first-order valence-electron chi connectivity index (χ1n) is 6.46. The summed E-state index contributed by atoms with van der Waals surface area (Å²) in [5.41, 5.74) is -0.00593. The SMILES string of the molecule is CC1(C)C(C(=O)Nc2ccc(O)c(C(=O)O)c2)C1(C)C. The van der Waals surface area contributed by atoms with Gasteiger partial charge in [0.25, 0.3) is 0 Å². The van der Waals surface area contributed by atoms with Crippen LogP contribution >= 0.6 is 0 Å². The molecule has 0 heterocycles. The topological polar surface area (TPSA) is 86.6 Å². The monoisotopic (exact) mass is 277 g/mol. The Balaban J connectivity index is 2.18. The van der Waals surface area contributed by atoms with Gasteiger partial charge in [-0.15, -0.1) is 0 Å². The molecule has 1 aromatic carbocycles. The minimum atomic E-state index is -1.23. The fourth-order valence-corrected chi connectivity index (χ4v) is 2.85. The first-order valence-corrected chi connectivity index (χ1v) is 6.46. The number of phenols is 1. The fourth-order valence-electron chi connectivity index (χ4n) is 2.85. The van der Waals surface area contributed by atoms with E-state index in [9.17, 15) is 14.7 Å². The maximum absolute atomic E-state index is 12.3. The van der Waals surface area contributed by atoms with Gasteiger partial charge in [-0.05, 0) is 29.0 Å². The molecule has 0 aromatic heterocycles. The van der Waals surface area contributed by atoms with E-state index in [2.05, 4.69) is 5.32 Å². The molecule has 0 radical (unpaired) electrons. The second-order valence-corrected chi connectivity index (χ2v) is 6.40. The molecule has 20 heavy (non-hydrogen) atoms. The number of anilines is 1. The smallest absolute Gasteiger partial charge is 0.339 e. The van der Waals surface area contributed by atoms with E-state index in [1.54, 1.807) is 0 Å². The van der Waals surface area contributed by atoms with Crippen molar-refractivity contribution in [2.24, 2.45) is 16.7 Å². The lowest BCUT2D eigenvalue weighted by Gasteiger charge is -2.08. The minimum absolute atomic E-state index is 0.0797. The molecule has 2 rings (SSSR count). The fraction of sp³-hybridized carbons (Fsp3) is 0.467. The van der Waals surface area contributed by atoms with Crippen LogP contribution in [0.5, 0.6) is 5.75 Å². The summed E-state index contributed by atoms with van der Waals surface area (Å²) in [7, 11) is 0. The van der Waals surface area contributed by atoms with Gasteiger partial charge in [-0.1, -0.05) is 27.7 Å². The van der Waals surface area contributed by atoms with E-state index in [1.165, 1.54) is 18.2 Å². The number of carboxylic acids is 1. The van der Waals surface area contributed by atoms with E-state index >= 15 is 0 Å². The van der Waals surface area contributed by atoms with Gasteiger partial charge in [-0.3, -0.25) is 4.79 Å². The maximum atomic E-state index is 12.3. The third kappa shape index (κ3) is 2.03. The van der Waals surface area contributed by atoms with Crippen LogP contribution in [-0.4, -0.2) is 22.1 Å². The van der Waals surface area contributed by atoms with Crippen LogP contribution in [0.1, 0.15) is 38.1 Å². The van der Waals surface area contributed by atoms with Gasteiger partial charge >= 0.3 is 5.97 Å². The number of carbonyl (C=O) groups is 2. The average Bonchev–Trinajstić information content (AvgIpc) is 2.71. The first kappa shape index (κ1) is 14.4. The van der Waals surface area contributed by atoms with Gasteiger partial charge in [0.1, 0.15) is 11.3 Å². The zero-order valence-corrected chi connectivity index (χ0v) is 12.0. The highest BCUT2D eigenvalue weighted by Crippen LogP contribution is 2.68. The zero-order valence-electron chi connectivity index (χ0n) is 12.0. The van der Waals surface area contributed by atoms with Crippen LogP contribution in [-0.2, 0) is 4.79 Å². The van der Waals surface area contributed by atoms with Gasteiger partial charge in [0.05, 0.1) is 0 Å². The van der Waals surface area contributed by atoms with Gasteiger partial charge in [0.15, 0.2) is 0 Å². The lowest BCUT2D eigenvalue weighted by atomic mass is 10.0. The molecule has 1 amide bonds. The average molecular weight is 277 g/mol. The van der Waals surface area contributed by atoms with Crippen LogP contribution < -0.4 is 5.32 Å². The lowest BCUT2D eigenvalue weighted by molar-refractivity contribution is -0.118. The molecule has 3 N–H and O–H groups in total. The summed E-state index contributed by atoms with van der Waals surface area (Å²) in [4.78, 5) is 23.2. The van der Waals surface area contributed by atoms with E-state index in [0.717, 1.165) is 0 Å². The Kier molecular flexibility index (Phi) is 3.04. The van der Waals surface area contributed by atoms with Crippen molar-refractivity contribution >= 4 is 17.6 Å². The van der Waals surface area contributed by atoms with Crippen molar-refractivity contribution in [2.75, 3.05) is 5.32 Å². The number of aromatic carboxylic acids is 1. The molecule has 1 aromatic rings. The normalized spacial score (nSPS) is 19.4. The highest BCUT2D eigenvalue weighted by atomic mass is 16.4. The summed E-state index contributed by atoms with van der Waals surface area (Å²) >= 11 is 0. The Labute approximate surface area is 117 Å². The minimum Gasteiger partial charge on any atom is -0.507 e. The van der Waals surface area contributed by atoms with E-state index in [4.69, 9.17) is 5.11 Å². The van der Waals surface area contributed by atoms with Crippen LogP contribution in [0.25, 0.3) is 0 Å². The number of hydrogen-bond donors (Lipinski definition) is 3. The molecular weight excluding hydrogens is 258 g/mol. The highest BCUT2D eigenvalue weighted by Gasteiger charge is 2.68. The number of rotatable bonds is 3. The molecule has 108 valence electrons. The maximum Gasteiger partial charge on any atom is 0.339 e. The highest BCUT2D eigenvalue weighted by molar-refractivity contribution is 5.98. The number of carboxylic acid groups (broad SMARTS) is 1. The van der Waals surface area contributed by atoms with Crippen LogP contribution in [0.15, 0.2) is 18.2 Å². The summed E-state index contributed by atoms with van der Waals surface area (Å²) in [6.07, 6.45) is 0. The molecule has 0 unspecified atom stereocenters. The molecule has 1 fully saturated rings. The van der Waals surface area contributed by atoms with Crippen LogP contribution in [0.3, 0.4) is 0 Å². The summed E-state index contributed by atoms with van der Waals surface area (Å²) < 4.78 is 0. The van der Waals surface area contributed by atoms with Gasteiger partial charge in [0.2, 0.25) is 5.91 Å². The standard InChI is InChI=1S/C15H19NO4/c1-14(2)11(15(14,3)4)12(18)16-8-5-6-10(17)9(7-8)13(19)20/h5-7,11,17H,1-4H3,(H,16,18)(H,19,20). The number of hydrogen-bond acceptors (Lipinski definition) is 3. The molecule has 0 bridgehead atoms. The van der Waals surface area contributed by atoms with E-state index < -0.39 is 5.97 Å². The Bertz CT molecular complexity index is 576. The number of benzene rings is 1. The Hall–Kier alpha value is -2.04. The third-order valence-corrected chi connectivity index (χ3v) is 4.78. The second kappa shape index (κ2) is 4.23. The number of aromatic hydroxyl groups is 1. The Morgan fingerprint density at radius 1 is 1.15 bits per heavy atom. The predicted molar refractivity (Wildman–Crippen MR) is 74.7 cm³/mol. The van der Waals surface area contributed by atoms with Gasteiger partial charge < -0.3 is 15.5 Å². The quantitative estimate of drug-likeness (QED) is 0.741. The van der Waals surface area contributed by atoms with Crippen LogP contribution in [0.4, 0.5) is 5.69 Å². The third-order valence-electron chi connectivity index (χ3n) is 4.78. The number of nitrogens with one attached hydrogen (secondary N) is 1. The van der Waals surface area contributed by atoms with Crippen LogP contribution in [0.2, 0.25) is 0 Å². The van der Waals surface area contributed by atoms with Crippen molar-refractivity contribution in [2.45, 2.75) is 27.7 Å². The largest absolute Gasteiger partial charge is 0.507 e. The van der Waals surface area contributed by atoms with Gasteiger partial charge in [0, 0.05) is 11.6 Å². The zero-order chi connectivity index (χ0) is 15.3. The molecule has 1 aliphatic rings. The first-order chi connectivity index (χ1) is 9.09. The van der Waals surface area contributed by atoms with Crippen molar-refractivity contribution < 1.29 is 19.8 Å². The van der Waals surface area contributed by atoms with Crippen molar-refractivity contribution in [1.29, 1.82) is 0 Å². The summed E-state index contributed by atoms with van der Waals surface area (Å²) in [6.45, 7) is 8.15. The number of carbonyl (C=O) groups excluding carboxylic acids is 1. The predicted octanol–water partition coefficient (Wildman–Crippen LogP) is 2.71.